The maximum atomic E-state index is 12.7. The fourth-order valence-corrected chi connectivity index (χ4v) is 4.39. The van der Waals surface area contributed by atoms with Crippen LogP contribution in [0, 0.1) is 0 Å². The first-order valence-corrected chi connectivity index (χ1v) is 12.8. The Morgan fingerprint density at radius 3 is 2.14 bits per heavy atom. The predicted molar refractivity (Wildman–Crippen MR) is 136 cm³/mol. The second kappa shape index (κ2) is 12.3. The van der Waals surface area contributed by atoms with E-state index in [9.17, 15) is 18.0 Å². The van der Waals surface area contributed by atoms with Crippen LogP contribution in [-0.4, -0.2) is 40.1 Å². The van der Waals surface area contributed by atoms with E-state index >= 15 is 0 Å². The standard InChI is InChI=1S/C25H25ClN2O7S/c1-3-33-20-11-9-19(10-12-20)28-36(31,32)21-13-14-23(22(26)15-21)35-16-24(29)27-18-7-5-17(6-8-18)25(30)34-4-2/h5-15,28H,3-4,16H2,1-2H3,(H,27,29). The maximum absolute atomic E-state index is 12.7. The van der Waals surface area contributed by atoms with E-state index in [-0.39, 0.29) is 28.9 Å². The highest BCUT2D eigenvalue weighted by molar-refractivity contribution is 7.92. The number of nitrogens with one attached hydrogen (secondary N) is 2. The minimum absolute atomic E-state index is 0.0242. The Bertz CT molecular complexity index is 1310. The molecule has 0 saturated heterocycles. The van der Waals surface area contributed by atoms with Crippen LogP contribution in [0.4, 0.5) is 11.4 Å². The Morgan fingerprint density at radius 1 is 0.861 bits per heavy atom. The van der Waals surface area contributed by atoms with Gasteiger partial charge < -0.3 is 19.5 Å². The Hall–Kier alpha value is -3.76. The molecule has 0 heterocycles. The molecule has 0 radical (unpaired) electrons. The Morgan fingerprint density at radius 2 is 1.53 bits per heavy atom. The number of halogens is 1. The number of rotatable bonds is 11. The average molecular weight is 533 g/mol. The number of sulfonamides is 1. The molecule has 0 saturated carbocycles. The van der Waals surface area contributed by atoms with Crippen LogP contribution in [0.2, 0.25) is 5.02 Å². The summed E-state index contributed by atoms with van der Waals surface area (Å²) in [5.74, 6) is -0.149. The Labute approximate surface area is 214 Å². The molecule has 3 aromatic carbocycles. The number of hydrogen-bond donors (Lipinski definition) is 2. The van der Waals surface area contributed by atoms with Crippen LogP contribution in [0.15, 0.2) is 71.6 Å². The van der Waals surface area contributed by atoms with Gasteiger partial charge in [0.15, 0.2) is 6.61 Å². The van der Waals surface area contributed by atoms with Gasteiger partial charge in [-0.1, -0.05) is 11.6 Å². The third-order valence-corrected chi connectivity index (χ3v) is 6.34. The van der Waals surface area contributed by atoms with Crippen LogP contribution in [0.3, 0.4) is 0 Å². The van der Waals surface area contributed by atoms with E-state index in [1.165, 1.54) is 30.3 Å². The topological polar surface area (TPSA) is 120 Å². The van der Waals surface area contributed by atoms with Gasteiger partial charge in [0.25, 0.3) is 15.9 Å². The highest BCUT2D eigenvalue weighted by atomic mass is 35.5. The van der Waals surface area contributed by atoms with Gasteiger partial charge in [-0.3, -0.25) is 9.52 Å². The number of benzene rings is 3. The zero-order valence-corrected chi connectivity index (χ0v) is 21.2. The van der Waals surface area contributed by atoms with Crippen molar-refractivity contribution in [1.82, 2.24) is 0 Å². The summed E-state index contributed by atoms with van der Waals surface area (Å²) in [7, 11) is -3.91. The molecule has 0 atom stereocenters. The summed E-state index contributed by atoms with van der Waals surface area (Å²) in [6, 6.07) is 16.6. The number of carbonyl (C=O) groups excluding carboxylic acids is 2. The first-order chi connectivity index (χ1) is 17.2. The van der Waals surface area contributed by atoms with E-state index in [1.54, 1.807) is 43.3 Å². The smallest absolute Gasteiger partial charge is 0.338 e. The zero-order valence-electron chi connectivity index (χ0n) is 19.6. The fourth-order valence-electron chi connectivity index (χ4n) is 3.01. The quantitative estimate of drug-likeness (QED) is 0.342. The summed E-state index contributed by atoms with van der Waals surface area (Å²) >= 11 is 6.20. The Kier molecular flexibility index (Phi) is 9.15. The number of hydrogen-bond acceptors (Lipinski definition) is 7. The molecule has 0 spiro atoms. The van der Waals surface area contributed by atoms with Crippen LogP contribution in [0.5, 0.6) is 11.5 Å². The highest BCUT2D eigenvalue weighted by Crippen LogP contribution is 2.28. The molecule has 1 amide bonds. The van der Waals surface area contributed by atoms with Gasteiger partial charge in [0.1, 0.15) is 11.5 Å². The molecule has 0 aromatic heterocycles. The number of ether oxygens (including phenoxy) is 3. The van der Waals surface area contributed by atoms with Crippen molar-refractivity contribution in [3.05, 3.63) is 77.3 Å². The van der Waals surface area contributed by atoms with Crippen molar-refractivity contribution in [3.63, 3.8) is 0 Å². The van der Waals surface area contributed by atoms with Crippen molar-refractivity contribution in [2.45, 2.75) is 18.7 Å². The normalized spacial score (nSPS) is 10.9. The first-order valence-electron chi connectivity index (χ1n) is 11.0. The van der Waals surface area contributed by atoms with Crippen molar-refractivity contribution < 1.29 is 32.2 Å². The lowest BCUT2D eigenvalue weighted by atomic mass is 10.2. The van der Waals surface area contributed by atoms with Crippen LogP contribution in [-0.2, 0) is 19.6 Å². The molecule has 0 bridgehead atoms. The molecule has 2 N–H and O–H groups in total. The number of amides is 1. The SMILES string of the molecule is CCOC(=O)c1ccc(NC(=O)COc2ccc(S(=O)(=O)Nc3ccc(OCC)cc3)cc2Cl)cc1. The van der Waals surface area contributed by atoms with Gasteiger partial charge in [0, 0.05) is 11.4 Å². The molecule has 0 aliphatic rings. The summed E-state index contributed by atoms with van der Waals surface area (Å²) in [6.07, 6.45) is 0. The first kappa shape index (κ1) is 26.8. The van der Waals surface area contributed by atoms with Gasteiger partial charge in [0.2, 0.25) is 0 Å². The summed E-state index contributed by atoms with van der Waals surface area (Å²) in [5, 5.41) is 2.65. The van der Waals surface area contributed by atoms with Crippen LogP contribution < -0.4 is 19.5 Å². The van der Waals surface area contributed by atoms with Crippen molar-refractivity contribution in [1.29, 1.82) is 0 Å². The van der Waals surface area contributed by atoms with E-state index < -0.39 is 21.9 Å². The predicted octanol–water partition coefficient (Wildman–Crippen LogP) is 4.73. The van der Waals surface area contributed by atoms with Crippen LogP contribution in [0.1, 0.15) is 24.2 Å². The molecule has 0 aliphatic carbocycles. The van der Waals surface area contributed by atoms with E-state index in [4.69, 9.17) is 25.8 Å². The lowest BCUT2D eigenvalue weighted by Crippen LogP contribution is -2.20. The molecular formula is C25H25ClN2O7S. The third kappa shape index (κ3) is 7.37. The van der Waals surface area contributed by atoms with Crippen molar-refractivity contribution >= 4 is 44.9 Å². The van der Waals surface area contributed by atoms with Gasteiger partial charge >= 0.3 is 5.97 Å². The van der Waals surface area contributed by atoms with Gasteiger partial charge in [-0.2, -0.15) is 0 Å². The van der Waals surface area contributed by atoms with Gasteiger partial charge in [-0.05, 0) is 80.6 Å². The summed E-state index contributed by atoms with van der Waals surface area (Å²) in [5.41, 5.74) is 1.19. The van der Waals surface area contributed by atoms with Gasteiger partial charge in [-0.15, -0.1) is 0 Å². The molecule has 0 fully saturated rings. The van der Waals surface area contributed by atoms with E-state index in [1.807, 2.05) is 6.92 Å². The van der Waals surface area contributed by atoms with Crippen molar-refractivity contribution in [2.75, 3.05) is 29.9 Å². The lowest BCUT2D eigenvalue weighted by molar-refractivity contribution is -0.118. The van der Waals surface area contributed by atoms with Crippen LogP contribution >= 0.6 is 11.6 Å². The second-order valence-electron chi connectivity index (χ2n) is 7.29. The van der Waals surface area contributed by atoms with Crippen LogP contribution in [0.25, 0.3) is 0 Å². The van der Waals surface area contributed by atoms with Crippen molar-refractivity contribution in [2.24, 2.45) is 0 Å². The van der Waals surface area contributed by atoms with Gasteiger partial charge in [0.05, 0.1) is 28.7 Å². The largest absolute Gasteiger partial charge is 0.494 e. The summed E-state index contributed by atoms with van der Waals surface area (Å²) < 4.78 is 43.6. The third-order valence-electron chi connectivity index (χ3n) is 4.67. The molecule has 36 heavy (non-hydrogen) atoms. The zero-order chi connectivity index (χ0) is 26.1. The Balaban J connectivity index is 1.57. The number of esters is 1. The second-order valence-corrected chi connectivity index (χ2v) is 9.38. The number of anilines is 2. The lowest BCUT2D eigenvalue weighted by Gasteiger charge is -2.12. The van der Waals surface area contributed by atoms with E-state index in [0.717, 1.165) is 0 Å². The van der Waals surface area contributed by atoms with Crippen molar-refractivity contribution in [3.8, 4) is 11.5 Å². The molecule has 0 aliphatic heterocycles. The fraction of sp³-hybridized carbons (Fsp3) is 0.200. The molecule has 11 heteroatoms. The molecule has 190 valence electrons. The molecule has 0 unspecified atom stereocenters. The number of carbonyl (C=O) groups is 2. The average Bonchev–Trinajstić information content (AvgIpc) is 2.85. The molecule has 9 nitrogen and oxygen atoms in total. The van der Waals surface area contributed by atoms with E-state index in [2.05, 4.69) is 10.0 Å². The molecule has 3 aromatic rings. The summed E-state index contributed by atoms with van der Waals surface area (Å²) in [4.78, 5) is 23.9. The van der Waals surface area contributed by atoms with Gasteiger partial charge in [-0.25, -0.2) is 13.2 Å². The molecular weight excluding hydrogens is 508 g/mol. The summed E-state index contributed by atoms with van der Waals surface area (Å²) in [6.45, 7) is 3.97. The molecule has 3 rings (SSSR count). The highest BCUT2D eigenvalue weighted by Gasteiger charge is 2.17. The van der Waals surface area contributed by atoms with E-state index in [0.29, 0.717) is 29.3 Å². The monoisotopic (exact) mass is 532 g/mol. The maximum Gasteiger partial charge on any atom is 0.338 e. The minimum Gasteiger partial charge on any atom is -0.494 e. The minimum atomic E-state index is -3.91.